The number of aromatic nitrogens is 2. The lowest BCUT2D eigenvalue weighted by atomic mass is 10.0. The highest BCUT2D eigenvalue weighted by molar-refractivity contribution is 5.95. The Morgan fingerprint density at radius 2 is 1.60 bits per heavy atom. The third kappa shape index (κ3) is 3.86. The molecule has 0 radical (unpaired) electrons. The third-order valence-corrected chi connectivity index (χ3v) is 5.98. The Balaban J connectivity index is 1.39. The van der Waals surface area contributed by atoms with Gasteiger partial charge >= 0.3 is 0 Å². The van der Waals surface area contributed by atoms with Crippen molar-refractivity contribution in [2.45, 2.75) is 6.54 Å². The summed E-state index contributed by atoms with van der Waals surface area (Å²) in [7, 11) is 2.18. The second-order valence-corrected chi connectivity index (χ2v) is 8.11. The monoisotopic (exact) mass is 400 g/mol. The highest BCUT2D eigenvalue weighted by Gasteiger charge is 2.14. The minimum Gasteiger partial charge on any atom is -0.346 e. The second kappa shape index (κ2) is 8.01. The highest BCUT2D eigenvalue weighted by Crippen LogP contribution is 2.31. The van der Waals surface area contributed by atoms with Crippen molar-refractivity contribution in [2.75, 3.05) is 33.2 Å². The van der Waals surface area contributed by atoms with E-state index in [1.165, 1.54) is 17.7 Å². The summed E-state index contributed by atoms with van der Waals surface area (Å²) in [5.74, 6) is -0.228. The first-order valence-corrected chi connectivity index (χ1v) is 10.4. The number of pyridine rings is 1. The summed E-state index contributed by atoms with van der Waals surface area (Å²) >= 11 is 0. The number of hydrogen-bond acceptors (Lipinski definition) is 3. The van der Waals surface area contributed by atoms with Crippen LogP contribution < -0.4 is 0 Å². The van der Waals surface area contributed by atoms with Gasteiger partial charge < -0.3 is 9.88 Å². The summed E-state index contributed by atoms with van der Waals surface area (Å²) in [6.45, 7) is 5.52. The van der Waals surface area contributed by atoms with E-state index in [2.05, 4.69) is 57.1 Å². The molecule has 0 atom stereocenters. The van der Waals surface area contributed by atoms with Crippen LogP contribution in [0.5, 0.6) is 0 Å². The van der Waals surface area contributed by atoms with Gasteiger partial charge in [-0.3, -0.25) is 4.90 Å². The molecule has 0 unspecified atom stereocenters. The zero-order valence-corrected chi connectivity index (χ0v) is 17.1. The molecule has 2 aromatic heterocycles. The van der Waals surface area contributed by atoms with Gasteiger partial charge in [0.25, 0.3) is 0 Å². The fourth-order valence-corrected chi connectivity index (χ4v) is 4.10. The van der Waals surface area contributed by atoms with Crippen LogP contribution in [-0.4, -0.2) is 53.0 Å². The van der Waals surface area contributed by atoms with Crippen LogP contribution in [0.25, 0.3) is 33.3 Å². The van der Waals surface area contributed by atoms with Gasteiger partial charge in [0.1, 0.15) is 11.5 Å². The Morgan fingerprint density at radius 3 is 2.33 bits per heavy atom. The van der Waals surface area contributed by atoms with Crippen LogP contribution in [0.15, 0.2) is 67.0 Å². The number of nitrogens with zero attached hydrogens (tertiary/aromatic N) is 3. The number of rotatable bonds is 4. The smallest absolute Gasteiger partial charge is 0.137 e. The lowest BCUT2D eigenvalue weighted by molar-refractivity contribution is 0.148. The van der Waals surface area contributed by atoms with Gasteiger partial charge in [0.2, 0.25) is 0 Å². The van der Waals surface area contributed by atoms with Crippen molar-refractivity contribution in [3.8, 4) is 22.3 Å². The summed E-state index contributed by atoms with van der Waals surface area (Å²) in [4.78, 5) is 12.7. The number of hydrogen-bond donors (Lipinski definition) is 1. The normalized spacial score (nSPS) is 15.7. The van der Waals surface area contributed by atoms with E-state index in [-0.39, 0.29) is 5.82 Å². The van der Waals surface area contributed by atoms with Gasteiger partial charge in [-0.15, -0.1) is 0 Å². The van der Waals surface area contributed by atoms with E-state index in [1.54, 1.807) is 12.1 Å². The summed E-state index contributed by atoms with van der Waals surface area (Å²) < 4.78 is 13.3. The van der Waals surface area contributed by atoms with Crippen LogP contribution in [0.3, 0.4) is 0 Å². The molecule has 5 rings (SSSR count). The van der Waals surface area contributed by atoms with Gasteiger partial charge in [-0.25, -0.2) is 9.37 Å². The number of piperazine rings is 1. The summed E-state index contributed by atoms with van der Waals surface area (Å²) in [6, 6.07) is 17.5. The van der Waals surface area contributed by atoms with Gasteiger partial charge in [0.15, 0.2) is 0 Å². The molecule has 1 saturated heterocycles. The van der Waals surface area contributed by atoms with E-state index in [0.29, 0.717) is 0 Å². The van der Waals surface area contributed by atoms with Crippen molar-refractivity contribution < 1.29 is 4.39 Å². The molecule has 30 heavy (non-hydrogen) atoms. The summed E-state index contributed by atoms with van der Waals surface area (Å²) in [5, 5.41) is 1.04. The average Bonchev–Trinajstić information content (AvgIpc) is 3.20. The van der Waals surface area contributed by atoms with Gasteiger partial charge in [0, 0.05) is 61.6 Å². The molecule has 0 aliphatic carbocycles. The predicted molar refractivity (Wildman–Crippen MR) is 120 cm³/mol. The van der Waals surface area contributed by atoms with Gasteiger partial charge in [-0.2, -0.15) is 0 Å². The molecule has 2 aromatic carbocycles. The van der Waals surface area contributed by atoms with Crippen molar-refractivity contribution in [3.05, 3.63) is 78.4 Å². The minimum absolute atomic E-state index is 0.228. The molecule has 0 amide bonds. The molecule has 1 fully saturated rings. The fourth-order valence-electron chi connectivity index (χ4n) is 4.10. The topological polar surface area (TPSA) is 35.2 Å². The molecular formula is C25H25FN4. The highest BCUT2D eigenvalue weighted by atomic mass is 19.1. The zero-order valence-electron chi connectivity index (χ0n) is 17.1. The quantitative estimate of drug-likeness (QED) is 0.535. The SMILES string of the molecule is CN1CCN(Cc2ccc(-c3cnc4[nH]cc(-c5ccc(F)cc5)c4c3)cc2)CC1. The van der Waals surface area contributed by atoms with Gasteiger partial charge in [-0.1, -0.05) is 36.4 Å². The Morgan fingerprint density at radius 1 is 0.900 bits per heavy atom. The number of likely N-dealkylation sites (N-methyl/N-ethyl adjacent to an activating group) is 1. The van der Waals surface area contributed by atoms with Crippen molar-refractivity contribution >= 4 is 11.0 Å². The first kappa shape index (κ1) is 19.0. The summed E-state index contributed by atoms with van der Waals surface area (Å²) in [6.07, 6.45) is 3.84. The number of aromatic amines is 1. The first-order valence-electron chi connectivity index (χ1n) is 10.4. The molecule has 3 heterocycles. The number of fused-ring (bicyclic) bond motifs is 1. The molecule has 0 saturated carbocycles. The fraction of sp³-hybridized carbons (Fsp3) is 0.240. The maximum absolute atomic E-state index is 13.3. The van der Waals surface area contributed by atoms with Crippen LogP contribution in [0, 0.1) is 5.82 Å². The first-order chi connectivity index (χ1) is 14.7. The van der Waals surface area contributed by atoms with Crippen LogP contribution in [0.1, 0.15) is 5.56 Å². The number of H-pyrrole nitrogens is 1. The molecule has 1 N–H and O–H groups in total. The van der Waals surface area contributed by atoms with Gasteiger partial charge in [-0.05, 0) is 41.9 Å². The molecule has 1 aliphatic heterocycles. The largest absolute Gasteiger partial charge is 0.346 e. The van der Waals surface area contributed by atoms with E-state index in [1.807, 2.05) is 12.4 Å². The zero-order chi connectivity index (χ0) is 20.5. The van der Waals surface area contributed by atoms with E-state index >= 15 is 0 Å². The molecule has 4 aromatic rings. The Hall–Kier alpha value is -3.02. The molecular weight excluding hydrogens is 375 g/mol. The minimum atomic E-state index is -0.228. The third-order valence-electron chi connectivity index (χ3n) is 5.98. The van der Waals surface area contributed by atoms with Crippen LogP contribution in [0.4, 0.5) is 4.39 Å². The number of halogens is 1. The van der Waals surface area contributed by atoms with Crippen molar-refractivity contribution in [1.29, 1.82) is 0 Å². The predicted octanol–water partition coefficient (Wildman–Crippen LogP) is 4.78. The van der Waals surface area contributed by atoms with E-state index in [4.69, 9.17) is 0 Å². The lowest BCUT2D eigenvalue weighted by Gasteiger charge is -2.32. The maximum atomic E-state index is 13.3. The van der Waals surface area contributed by atoms with E-state index in [0.717, 1.165) is 66.0 Å². The average molecular weight is 401 g/mol. The van der Waals surface area contributed by atoms with Crippen LogP contribution in [0.2, 0.25) is 0 Å². The summed E-state index contributed by atoms with van der Waals surface area (Å²) in [5.41, 5.74) is 6.42. The van der Waals surface area contributed by atoms with E-state index < -0.39 is 0 Å². The Kier molecular flexibility index (Phi) is 5.07. The van der Waals surface area contributed by atoms with Crippen molar-refractivity contribution in [2.24, 2.45) is 0 Å². The van der Waals surface area contributed by atoms with Crippen molar-refractivity contribution in [1.82, 2.24) is 19.8 Å². The number of benzene rings is 2. The molecule has 0 bridgehead atoms. The Bertz CT molecular complexity index is 1140. The Labute approximate surface area is 176 Å². The lowest BCUT2D eigenvalue weighted by Crippen LogP contribution is -2.43. The maximum Gasteiger partial charge on any atom is 0.137 e. The molecule has 1 aliphatic rings. The number of nitrogens with one attached hydrogen (secondary N) is 1. The van der Waals surface area contributed by atoms with Crippen LogP contribution in [-0.2, 0) is 6.54 Å². The molecule has 4 nitrogen and oxygen atoms in total. The second-order valence-electron chi connectivity index (χ2n) is 8.11. The molecule has 5 heteroatoms. The standard InChI is InChI=1S/C25H25FN4/c1-29-10-12-30(13-11-29)17-18-2-4-19(5-3-18)21-14-23-24(16-28-25(23)27-15-21)20-6-8-22(26)9-7-20/h2-9,14-16H,10-13,17H2,1H3,(H,27,28). The van der Waals surface area contributed by atoms with Gasteiger partial charge in [0.05, 0.1) is 0 Å². The van der Waals surface area contributed by atoms with Crippen LogP contribution >= 0.6 is 0 Å². The molecule has 0 spiro atoms. The van der Waals surface area contributed by atoms with Crippen molar-refractivity contribution in [3.63, 3.8) is 0 Å². The molecule has 152 valence electrons. The van der Waals surface area contributed by atoms with E-state index in [9.17, 15) is 4.39 Å².